The minimum Gasteiger partial charge on any atom is -0.355 e. The van der Waals surface area contributed by atoms with Gasteiger partial charge in [0, 0.05) is 35.1 Å². The first-order chi connectivity index (χ1) is 11.8. The van der Waals surface area contributed by atoms with Gasteiger partial charge in [-0.2, -0.15) is 17.0 Å². The molecule has 0 fully saturated rings. The van der Waals surface area contributed by atoms with Crippen molar-refractivity contribution in [3.8, 4) is 6.07 Å². The van der Waals surface area contributed by atoms with Crippen molar-refractivity contribution in [1.29, 1.82) is 5.26 Å². The quantitative estimate of drug-likeness (QED) is 0.543. The fraction of sp³-hybridized carbons (Fsp3) is 0.263. The van der Waals surface area contributed by atoms with Gasteiger partial charge in [0.05, 0.1) is 11.6 Å². The van der Waals surface area contributed by atoms with Crippen LogP contribution in [-0.2, 0) is 10.5 Å². The van der Waals surface area contributed by atoms with Gasteiger partial charge < -0.3 is 5.32 Å². The van der Waals surface area contributed by atoms with E-state index >= 15 is 0 Å². The van der Waals surface area contributed by atoms with Crippen molar-refractivity contribution in [1.82, 2.24) is 5.32 Å². The number of carbonyl (C=O) groups is 1. The summed E-state index contributed by atoms with van der Waals surface area (Å²) >= 11 is 3.42. The Bertz CT molecular complexity index is 683. The highest BCUT2D eigenvalue weighted by Crippen LogP contribution is 2.18. The van der Waals surface area contributed by atoms with Crippen LogP contribution in [-0.4, -0.2) is 24.0 Å². The van der Waals surface area contributed by atoms with Crippen molar-refractivity contribution in [2.24, 2.45) is 0 Å². The van der Waals surface area contributed by atoms with Gasteiger partial charge in [0.25, 0.3) is 0 Å². The summed E-state index contributed by atoms with van der Waals surface area (Å²) in [5.41, 5.74) is 1.78. The molecule has 5 heteroatoms. The summed E-state index contributed by atoms with van der Waals surface area (Å²) in [7, 11) is 0. The van der Waals surface area contributed by atoms with Crippen LogP contribution in [0.4, 0.5) is 0 Å². The lowest BCUT2D eigenvalue weighted by atomic mass is 10.1. The monoisotopic (exact) mass is 356 g/mol. The second-order valence-corrected chi connectivity index (χ2v) is 7.36. The Morgan fingerprint density at radius 2 is 1.79 bits per heavy atom. The molecule has 0 unspecified atom stereocenters. The molecule has 0 aromatic heterocycles. The van der Waals surface area contributed by atoms with Crippen molar-refractivity contribution in [2.75, 3.05) is 18.1 Å². The van der Waals surface area contributed by atoms with Crippen molar-refractivity contribution in [2.45, 2.75) is 17.1 Å². The van der Waals surface area contributed by atoms with Gasteiger partial charge in [-0.3, -0.25) is 4.79 Å². The zero-order valence-corrected chi connectivity index (χ0v) is 15.0. The average Bonchev–Trinajstić information content (AvgIpc) is 2.62. The molecule has 0 heterocycles. The smallest absolute Gasteiger partial charge is 0.220 e. The predicted molar refractivity (Wildman–Crippen MR) is 102 cm³/mol. The molecule has 0 radical (unpaired) electrons. The summed E-state index contributed by atoms with van der Waals surface area (Å²) < 4.78 is 0. The van der Waals surface area contributed by atoms with E-state index in [9.17, 15) is 4.79 Å². The van der Waals surface area contributed by atoms with Gasteiger partial charge in [0.1, 0.15) is 0 Å². The van der Waals surface area contributed by atoms with Crippen LogP contribution >= 0.6 is 23.5 Å². The minimum absolute atomic E-state index is 0.0939. The van der Waals surface area contributed by atoms with Gasteiger partial charge in [0.2, 0.25) is 5.91 Å². The summed E-state index contributed by atoms with van der Waals surface area (Å²) in [4.78, 5) is 13.0. The number of rotatable bonds is 9. The molecular formula is C19H20N2OS2. The van der Waals surface area contributed by atoms with Gasteiger partial charge >= 0.3 is 0 Å². The first-order valence-corrected chi connectivity index (χ1v) is 9.94. The van der Waals surface area contributed by atoms with Crippen molar-refractivity contribution in [3.63, 3.8) is 0 Å². The van der Waals surface area contributed by atoms with E-state index in [1.807, 2.05) is 42.5 Å². The number of amides is 1. The topological polar surface area (TPSA) is 52.9 Å². The molecule has 2 aromatic rings. The molecule has 1 amide bonds. The summed E-state index contributed by atoms with van der Waals surface area (Å²) in [6.07, 6.45) is 0.529. The maximum atomic E-state index is 11.8. The Morgan fingerprint density at radius 3 is 2.58 bits per heavy atom. The summed E-state index contributed by atoms with van der Waals surface area (Å²) in [5.74, 6) is 2.52. The fourth-order valence-electron chi connectivity index (χ4n) is 2.07. The van der Waals surface area contributed by atoms with Gasteiger partial charge in [-0.1, -0.05) is 36.4 Å². The van der Waals surface area contributed by atoms with Gasteiger partial charge in [-0.15, -0.1) is 11.8 Å². The van der Waals surface area contributed by atoms with Crippen LogP contribution < -0.4 is 5.32 Å². The average molecular weight is 357 g/mol. The molecule has 24 heavy (non-hydrogen) atoms. The summed E-state index contributed by atoms with van der Waals surface area (Å²) in [6, 6.07) is 19.9. The summed E-state index contributed by atoms with van der Waals surface area (Å²) in [5, 5.41) is 12.0. The Morgan fingerprint density at radius 1 is 1.04 bits per heavy atom. The van der Waals surface area contributed by atoms with Crippen LogP contribution in [0.1, 0.15) is 17.5 Å². The van der Waals surface area contributed by atoms with Crippen LogP contribution in [0.2, 0.25) is 0 Å². The molecule has 0 saturated carbocycles. The van der Waals surface area contributed by atoms with Crippen molar-refractivity contribution >= 4 is 29.4 Å². The molecule has 1 N–H and O–H groups in total. The number of nitriles is 1. The van der Waals surface area contributed by atoms with E-state index in [1.54, 1.807) is 23.5 Å². The zero-order valence-electron chi connectivity index (χ0n) is 13.4. The van der Waals surface area contributed by atoms with E-state index in [0.29, 0.717) is 13.0 Å². The summed E-state index contributed by atoms with van der Waals surface area (Å²) in [6.45, 7) is 0.661. The number of nitrogens with zero attached hydrogens (tertiary/aromatic N) is 1. The second kappa shape index (κ2) is 10.8. The molecule has 0 atom stereocenters. The number of hydrogen-bond donors (Lipinski definition) is 1. The zero-order chi connectivity index (χ0) is 17.0. The van der Waals surface area contributed by atoms with E-state index in [0.717, 1.165) is 28.4 Å². The number of thioether (sulfide) groups is 2. The van der Waals surface area contributed by atoms with Crippen LogP contribution in [0.15, 0.2) is 59.5 Å². The lowest BCUT2D eigenvalue weighted by Gasteiger charge is -2.06. The molecule has 0 aliphatic heterocycles. The molecule has 2 rings (SSSR count). The van der Waals surface area contributed by atoms with Crippen molar-refractivity contribution < 1.29 is 4.79 Å². The molecule has 0 aliphatic carbocycles. The standard InChI is InChI=1S/C19H20N2OS2/c20-14-16-6-4-5-7-17(16)15-23-13-11-21-19(22)10-12-24-18-8-2-1-3-9-18/h1-9H,10-13,15H2,(H,21,22). The van der Waals surface area contributed by atoms with E-state index in [-0.39, 0.29) is 5.91 Å². The molecule has 124 valence electrons. The van der Waals surface area contributed by atoms with Crippen LogP contribution in [0.25, 0.3) is 0 Å². The molecule has 2 aromatic carbocycles. The number of carbonyl (C=O) groups excluding carboxylic acids is 1. The third-order valence-electron chi connectivity index (χ3n) is 3.31. The van der Waals surface area contributed by atoms with E-state index < -0.39 is 0 Å². The Balaban J connectivity index is 1.55. The highest BCUT2D eigenvalue weighted by molar-refractivity contribution is 7.99. The maximum Gasteiger partial charge on any atom is 0.220 e. The van der Waals surface area contributed by atoms with Gasteiger partial charge in [0.15, 0.2) is 0 Å². The maximum absolute atomic E-state index is 11.8. The van der Waals surface area contributed by atoms with Crippen LogP contribution in [0, 0.1) is 11.3 Å². The Hall–Kier alpha value is -1.90. The first kappa shape index (κ1) is 18.4. The molecule has 0 aliphatic rings. The molecular weight excluding hydrogens is 336 g/mol. The van der Waals surface area contributed by atoms with Crippen LogP contribution in [0.3, 0.4) is 0 Å². The number of benzene rings is 2. The van der Waals surface area contributed by atoms with E-state index in [2.05, 4.69) is 23.5 Å². The second-order valence-electron chi connectivity index (χ2n) is 5.08. The van der Waals surface area contributed by atoms with Crippen LogP contribution in [0.5, 0.6) is 0 Å². The van der Waals surface area contributed by atoms with Gasteiger partial charge in [-0.25, -0.2) is 0 Å². The Labute approximate surface area is 151 Å². The third kappa shape index (κ3) is 6.69. The lowest BCUT2D eigenvalue weighted by Crippen LogP contribution is -2.25. The van der Waals surface area contributed by atoms with Gasteiger partial charge in [-0.05, 0) is 23.8 Å². The largest absolute Gasteiger partial charge is 0.355 e. The molecule has 0 saturated heterocycles. The molecule has 3 nitrogen and oxygen atoms in total. The van der Waals surface area contributed by atoms with Crippen molar-refractivity contribution in [3.05, 3.63) is 65.7 Å². The normalized spacial score (nSPS) is 10.1. The molecule has 0 bridgehead atoms. The highest BCUT2D eigenvalue weighted by Gasteiger charge is 2.03. The van der Waals surface area contributed by atoms with E-state index in [1.165, 1.54) is 4.90 Å². The lowest BCUT2D eigenvalue weighted by molar-refractivity contribution is -0.120. The fourth-order valence-corrected chi connectivity index (χ4v) is 3.80. The first-order valence-electron chi connectivity index (χ1n) is 7.80. The third-order valence-corrected chi connectivity index (χ3v) is 5.33. The number of hydrogen-bond acceptors (Lipinski definition) is 4. The highest BCUT2D eigenvalue weighted by atomic mass is 32.2. The molecule has 0 spiro atoms. The Kier molecular flexibility index (Phi) is 8.29. The SMILES string of the molecule is N#Cc1ccccc1CSCCNC(=O)CCSc1ccccc1. The predicted octanol–water partition coefficient (Wildman–Crippen LogP) is 4.09. The van der Waals surface area contributed by atoms with E-state index in [4.69, 9.17) is 5.26 Å². The number of nitrogens with one attached hydrogen (secondary N) is 1. The minimum atomic E-state index is 0.0939.